The molecule has 0 aliphatic carbocycles. The van der Waals surface area contributed by atoms with Crippen molar-refractivity contribution in [1.29, 1.82) is 0 Å². The fourth-order valence-electron chi connectivity index (χ4n) is 5.26. The standard InChI is InChI=1S/C31H28N2O4S/c1-16(2)19-6-8-20(9-7-19)27-26(28(34)21-10-12-24-22(15-21)14-18(4)37-24)29(35)30(36)33(27)31-32-23-11-5-17(3)13-25(23)38-31/h5-13,15-16,18,27,34H,14H2,1-4H3/t18-,27-/m1/s1. The van der Waals surface area contributed by atoms with Gasteiger partial charge in [0.1, 0.15) is 17.6 Å². The molecule has 192 valence electrons. The predicted molar refractivity (Wildman–Crippen MR) is 150 cm³/mol. The second kappa shape index (κ2) is 9.10. The lowest BCUT2D eigenvalue weighted by molar-refractivity contribution is -0.132. The molecule has 2 aliphatic rings. The van der Waals surface area contributed by atoms with Crippen molar-refractivity contribution < 1.29 is 19.4 Å². The third-order valence-electron chi connectivity index (χ3n) is 7.27. The molecule has 1 fully saturated rings. The summed E-state index contributed by atoms with van der Waals surface area (Å²) in [5, 5.41) is 12.0. The number of benzene rings is 3. The third-order valence-corrected chi connectivity index (χ3v) is 8.29. The lowest BCUT2D eigenvalue weighted by Gasteiger charge is -2.23. The van der Waals surface area contributed by atoms with Crippen LogP contribution in [0, 0.1) is 6.92 Å². The summed E-state index contributed by atoms with van der Waals surface area (Å²) in [5.41, 5.74) is 5.26. The van der Waals surface area contributed by atoms with Gasteiger partial charge in [0.2, 0.25) is 0 Å². The van der Waals surface area contributed by atoms with Crippen molar-refractivity contribution in [2.75, 3.05) is 4.90 Å². The Morgan fingerprint density at radius 2 is 1.84 bits per heavy atom. The zero-order chi connectivity index (χ0) is 26.7. The summed E-state index contributed by atoms with van der Waals surface area (Å²) in [6.45, 7) is 8.22. The van der Waals surface area contributed by atoms with Crippen molar-refractivity contribution in [3.8, 4) is 5.75 Å². The van der Waals surface area contributed by atoms with E-state index in [0.29, 0.717) is 16.6 Å². The molecule has 3 aromatic carbocycles. The number of nitrogens with zero attached hydrogens (tertiary/aromatic N) is 2. The van der Waals surface area contributed by atoms with Gasteiger partial charge in [0.15, 0.2) is 5.13 Å². The van der Waals surface area contributed by atoms with Crippen LogP contribution in [0.3, 0.4) is 0 Å². The lowest BCUT2D eigenvalue weighted by Crippen LogP contribution is -2.29. The van der Waals surface area contributed by atoms with Gasteiger partial charge in [-0.1, -0.05) is 55.5 Å². The van der Waals surface area contributed by atoms with Gasteiger partial charge in [-0.2, -0.15) is 0 Å². The molecule has 2 aliphatic heterocycles. The van der Waals surface area contributed by atoms with E-state index in [1.807, 2.05) is 68.4 Å². The van der Waals surface area contributed by atoms with Crippen LogP contribution < -0.4 is 9.64 Å². The van der Waals surface area contributed by atoms with Crippen LogP contribution >= 0.6 is 11.3 Å². The number of aliphatic hydroxyl groups excluding tert-OH is 1. The molecule has 0 radical (unpaired) electrons. The van der Waals surface area contributed by atoms with E-state index in [4.69, 9.17) is 9.72 Å². The SMILES string of the molecule is Cc1ccc2nc(N3C(=O)C(=O)C(=C(O)c4ccc5c(c4)C[C@@H](C)O5)[C@H]3c3ccc(C(C)C)cc3)sc2c1. The number of ketones is 1. The Morgan fingerprint density at radius 3 is 2.58 bits per heavy atom. The number of rotatable bonds is 4. The summed E-state index contributed by atoms with van der Waals surface area (Å²) >= 11 is 1.37. The highest BCUT2D eigenvalue weighted by molar-refractivity contribution is 7.22. The van der Waals surface area contributed by atoms with E-state index >= 15 is 0 Å². The molecule has 6 nitrogen and oxygen atoms in total. The first-order valence-corrected chi connectivity index (χ1v) is 13.6. The van der Waals surface area contributed by atoms with Gasteiger partial charge >= 0.3 is 5.91 Å². The van der Waals surface area contributed by atoms with E-state index < -0.39 is 17.7 Å². The third kappa shape index (κ3) is 3.98. The summed E-state index contributed by atoms with van der Waals surface area (Å²) in [5.74, 6) is -0.499. The molecule has 1 aromatic heterocycles. The number of aliphatic hydroxyl groups is 1. The molecular weight excluding hydrogens is 496 g/mol. The molecule has 0 bridgehead atoms. The van der Waals surface area contributed by atoms with E-state index in [1.165, 1.54) is 16.2 Å². The first kappa shape index (κ1) is 24.4. The first-order valence-electron chi connectivity index (χ1n) is 12.8. The molecule has 2 atom stereocenters. The molecule has 0 saturated carbocycles. The van der Waals surface area contributed by atoms with Crippen LogP contribution in [0.2, 0.25) is 0 Å². The number of anilines is 1. The van der Waals surface area contributed by atoms with E-state index in [0.717, 1.165) is 44.6 Å². The highest BCUT2D eigenvalue weighted by atomic mass is 32.1. The largest absolute Gasteiger partial charge is 0.507 e. The Morgan fingerprint density at radius 1 is 1.08 bits per heavy atom. The molecular formula is C31H28N2O4S. The van der Waals surface area contributed by atoms with Crippen molar-refractivity contribution in [1.82, 2.24) is 4.98 Å². The van der Waals surface area contributed by atoms with Gasteiger partial charge in [-0.15, -0.1) is 0 Å². The first-order chi connectivity index (χ1) is 18.2. The summed E-state index contributed by atoms with van der Waals surface area (Å²) in [4.78, 5) is 33.3. The number of fused-ring (bicyclic) bond motifs is 2. The molecule has 7 heteroatoms. The van der Waals surface area contributed by atoms with Crippen LogP contribution in [-0.2, 0) is 16.0 Å². The molecule has 1 N–H and O–H groups in total. The van der Waals surface area contributed by atoms with Crippen LogP contribution in [0.4, 0.5) is 5.13 Å². The molecule has 1 saturated heterocycles. The zero-order valence-corrected chi connectivity index (χ0v) is 22.5. The lowest BCUT2D eigenvalue weighted by atomic mass is 9.93. The molecule has 0 unspecified atom stereocenters. The van der Waals surface area contributed by atoms with Crippen LogP contribution in [0.5, 0.6) is 5.75 Å². The Bertz CT molecular complexity index is 1630. The fraction of sp³-hybridized carbons (Fsp3) is 0.258. The maximum atomic E-state index is 13.6. The monoisotopic (exact) mass is 524 g/mol. The number of hydrogen-bond acceptors (Lipinski definition) is 6. The molecule has 4 aromatic rings. The van der Waals surface area contributed by atoms with Crippen LogP contribution in [0.15, 0.2) is 66.2 Å². The predicted octanol–water partition coefficient (Wildman–Crippen LogP) is 6.68. The molecule has 1 amide bonds. The topological polar surface area (TPSA) is 79.7 Å². The minimum Gasteiger partial charge on any atom is -0.507 e. The van der Waals surface area contributed by atoms with Crippen LogP contribution in [0.25, 0.3) is 16.0 Å². The van der Waals surface area contributed by atoms with E-state index in [9.17, 15) is 14.7 Å². The van der Waals surface area contributed by atoms with Crippen molar-refractivity contribution in [3.05, 3.63) is 94.1 Å². The van der Waals surface area contributed by atoms with Crippen molar-refractivity contribution in [2.24, 2.45) is 0 Å². The number of carbonyl (C=O) groups excluding carboxylic acids is 2. The highest BCUT2D eigenvalue weighted by Gasteiger charge is 2.48. The fourth-order valence-corrected chi connectivity index (χ4v) is 6.35. The average molecular weight is 525 g/mol. The van der Waals surface area contributed by atoms with Gasteiger partial charge in [0.05, 0.1) is 21.8 Å². The number of Topliss-reactive ketones (excluding diaryl/α,β-unsaturated/α-hetero) is 1. The van der Waals surface area contributed by atoms with Crippen LogP contribution in [0.1, 0.15) is 60.5 Å². The normalized spacial score (nSPS) is 20.4. The number of carbonyl (C=O) groups is 2. The second-order valence-corrected chi connectivity index (χ2v) is 11.4. The van der Waals surface area contributed by atoms with Gasteiger partial charge < -0.3 is 9.84 Å². The van der Waals surface area contributed by atoms with Gasteiger partial charge in [-0.25, -0.2) is 4.98 Å². The summed E-state index contributed by atoms with van der Waals surface area (Å²) < 4.78 is 6.74. The quantitative estimate of drug-likeness (QED) is 0.183. The van der Waals surface area contributed by atoms with Gasteiger partial charge in [0.25, 0.3) is 5.78 Å². The Kier molecular flexibility index (Phi) is 5.83. The van der Waals surface area contributed by atoms with E-state index in [2.05, 4.69) is 13.8 Å². The minimum absolute atomic E-state index is 0.0510. The number of ether oxygens (including phenoxy) is 1. The maximum Gasteiger partial charge on any atom is 0.301 e. The average Bonchev–Trinajstić information content (AvgIpc) is 3.55. The summed E-state index contributed by atoms with van der Waals surface area (Å²) in [7, 11) is 0. The molecule has 38 heavy (non-hydrogen) atoms. The number of hydrogen-bond donors (Lipinski definition) is 1. The minimum atomic E-state index is -0.804. The van der Waals surface area contributed by atoms with Crippen molar-refractivity contribution in [3.63, 3.8) is 0 Å². The van der Waals surface area contributed by atoms with Crippen molar-refractivity contribution in [2.45, 2.75) is 52.2 Å². The Labute approximate surface area is 225 Å². The highest BCUT2D eigenvalue weighted by Crippen LogP contribution is 2.45. The number of aryl methyl sites for hydroxylation is 1. The van der Waals surface area contributed by atoms with E-state index in [1.54, 1.807) is 6.07 Å². The molecule has 0 spiro atoms. The Hall–Kier alpha value is -3.97. The van der Waals surface area contributed by atoms with Gasteiger partial charge in [-0.05, 0) is 72.4 Å². The van der Waals surface area contributed by atoms with Crippen LogP contribution in [-0.4, -0.2) is 27.9 Å². The zero-order valence-electron chi connectivity index (χ0n) is 21.7. The number of amides is 1. The smallest absolute Gasteiger partial charge is 0.301 e. The summed E-state index contributed by atoms with van der Waals surface area (Å²) in [6, 6.07) is 18.4. The molecule has 6 rings (SSSR count). The van der Waals surface area contributed by atoms with Gasteiger partial charge in [0, 0.05) is 12.0 Å². The number of thiazole rings is 1. The molecule has 3 heterocycles. The van der Waals surface area contributed by atoms with Gasteiger partial charge in [-0.3, -0.25) is 14.5 Å². The van der Waals surface area contributed by atoms with Crippen molar-refractivity contribution >= 4 is 44.1 Å². The maximum absolute atomic E-state index is 13.6. The second-order valence-electron chi connectivity index (χ2n) is 10.4. The Balaban J connectivity index is 1.53. The summed E-state index contributed by atoms with van der Waals surface area (Å²) in [6.07, 6.45) is 0.769. The van der Waals surface area contributed by atoms with E-state index in [-0.39, 0.29) is 17.4 Å². The number of aromatic nitrogens is 1.